The molecule has 0 aromatic heterocycles. The van der Waals surface area contributed by atoms with Crippen LogP contribution in [-0.4, -0.2) is 35.7 Å². The van der Waals surface area contributed by atoms with Gasteiger partial charge in [-0.25, -0.2) is 13.6 Å². The van der Waals surface area contributed by atoms with E-state index in [1.165, 1.54) is 24.3 Å². The molecule has 1 amide bonds. The number of ether oxygens (including phenoxy) is 1. The van der Waals surface area contributed by atoms with Gasteiger partial charge in [-0.2, -0.15) is 0 Å². The van der Waals surface area contributed by atoms with Crippen molar-refractivity contribution >= 4 is 17.5 Å². The molecule has 1 heterocycles. The lowest BCUT2D eigenvalue weighted by atomic mass is 10.0. The van der Waals surface area contributed by atoms with Gasteiger partial charge in [0.1, 0.15) is 17.2 Å². The lowest BCUT2D eigenvalue weighted by molar-refractivity contribution is 0.0206. The topological polar surface area (TPSA) is 32.8 Å². The number of piperidine rings is 1. The third kappa shape index (κ3) is 5.00. The van der Waals surface area contributed by atoms with Crippen LogP contribution < -0.4 is 4.90 Å². The van der Waals surface area contributed by atoms with Gasteiger partial charge in [-0.3, -0.25) is 0 Å². The van der Waals surface area contributed by atoms with Crippen LogP contribution in [0.5, 0.6) is 0 Å². The molecule has 6 heteroatoms. The average Bonchev–Trinajstić information content (AvgIpc) is 2.64. The second-order valence-electron chi connectivity index (χ2n) is 8.02. The molecule has 2 aromatic rings. The summed E-state index contributed by atoms with van der Waals surface area (Å²) in [5.41, 5.74) is 1.15. The summed E-state index contributed by atoms with van der Waals surface area (Å²) in [6.07, 6.45) is 1.16. The average molecular weight is 388 g/mol. The fraction of sp³-hybridized carbons (Fsp3) is 0.409. The summed E-state index contributed by atoms with van der Waals surface area (Å²) in [4.78, 5) is 16.1. The maximum absolute atomic E-state index is 13.4. The van der Waals surface area contributed by atoms with E-state index in [0.29, 0.717) is 13.1 Å². The zero-order valence-electron chi connectivity index (χ0n) is 16.5. The van der Waals surface area contributed by atoms with Crippen molar-refractivity contribution in [2.75, 3.05) is 18.0 Å². The minimum atomic E-state index is -0.526. The molecule has 28 heavy (non-hydrogen) atoms. The lowest BCUT2D eigenvalue weighted by Gasteiger charge is -2.40. The van der Waals surface area contributed by atoms with Crippen molar-refractivity contribution in [3.63, 3.8) is 0 Å². The highest BCUT2D eigenvalue weighted by Crippen LogP contribution is 2.32. The van der Waals surface area contributed by atoms with Gasteiger partial charge in [0.2, 0.25) is 0 Å². The summed E-state index contributed by atoms with van der Waals surface area (Å²) in [6.45, 7) is 6.68. The molecule has 0 aliphatic carbocycles. The van der Waals surface area contributed by atoms with Gasteiger partial charge >= 0.3 is 6.09 Å². The van der Waals surface area contributed by atoms with Crippen LogP contribution in [0.15, 0.2) is 48.5 Å². The van der Waals surface area contributed by atoms with Gasteiger partial charge in [-0.05, 0) is 82.1 Å². The molecule has 1 fully saturated rings. The molecule has 150 valence electrons. The zero-order chi connectivity index (χ0) is 20.3. The number of hydrogen-bond donors (Lipinski definition) is 0. The normalized spacial score (nSPS) is 15.4. The Balaban J connectivity index is 1.78. The van der Waals surface area contributed by atoms with E-state index < -0.39 is 5.60 Å². The van der Waals surface area contributed by atoms with E-state index in [2.05, 4.69) is 4.90 Å². The minimum absolute atomic E-state index is 0.106. The van der Waals surface area contributed by atoms with E-state index in [1.54, 1.807) is 29.2 Å². The number of rotatable bonds is 3. The fourth-order valence-corrected chi connectivity index (χ4v) is 3.41. The number of benzene rings is 2. The van der Waals surface area contributed by atoms with E-state index in [-0.39, 0.29) is 23.8 Å². The first kappa shape index (κ1) is 20.1. The van der Waals surface area contributed by atoms with Crippen LogP contribution in [0, 0.1) is 11.6 Å². The molecule has 0 radical (unpaired) electrons. The van der Waals surface area contributed by atoms with Crippen molar-refractivity contribution in [2.24, 2.45) is 0 Å². The third-order valence-corrected chi connectivity index (χ3v) is 4.69. The molecule has 0 spiro atoms. The third-order valence-electron chi connectivity index (χ3n) is 4.69. The van der Waals surface area contributed by atoms with Crippen molar-refractivity contribution in [1.29, 1.82) is 0 Å². The second kappa shape index (κ2) is 8.17. The molecule has 1 aliphatic rings. The molecule has 0 atom stereocenters. The smallest absolute Gasteiger partial charge is 0.410 e. The Labute approximate surface area is 164 Å². The maximum Gasteiger partial charge on any atom is 0.410 e. The number of halogens is 2. The highest BCUT2D eigenvalue weighted by atomic mass is 19.1. The molecular formula is C22H26F2N2O2. The molecule has 2 aromatic carbocycles. The van der Waals surface area contributed by atoms with E-state index in [4.69, 9.17) is 4.74 Å². The largest absolute Gasteiger partial charge is 0.444 e. The number of hydrogen-bond acceptors (Lipinski definition) is 3. The molecule has 0 unspecified atom stereocenters. The van der Waals surface area contributed by atoms with Crippen LogP contribution >= 0.6 is 0 Å². The predicted molar refractivity (Wildman–Crippen MR) is 106 cm³/mol. The first-order chi connectivity index (χ1) is 13.2. The van der Waals surface area contributed by atoms with Gasteiger partial charge in [0.15, 0.2) is 0 Å². The number of carbonyl (C=O) groups excluding carboxylic acids is 1. The quantitative estimate of drug-likeness (QED) is 0.696. The van der Waals surface area contributed by atoms with Crippen LogP contribution in [0.4, 0.5) is 25.0 Å². The molecule has 0 N–H and O–H groups in total. The van der Waals surface area contributed by atoms with Gasteiger partial charge in [-0.15, -0.1) is 0 Å². The van der Waals surface area contributed by atoms with Crippen LogP contribution in [0.25, 0.3) is 0 Å². The number of nitrogens with zero attached hydrogens (tertiary/aromatic N) is 2. The van der Waals surface area contributed by atoms with Crippen LogP contribution in [0.1, 0.15) is 33.6 Å². The van der Waals surface area contributed by atoms with Gasteiger partial charge in [0, 0.05) is 30.5 Å². The van der Waals surface area contributed by atoms with E-state index in [1.807, 2.05) is 20.8 Å². The summed E-state index contributed by atoms with van der Waals surface area (Å²) < 4.78 is 32.3. The monoisotopic (exact) mass is 388 g/mol. The lowest BCUT2D eigenvalue weighted by Crippen LogP contribution is -2.47. The first-order valence-corrected chi connectivity index (χ1v) is 9.51. The summed E-state index contributed by atoms with van der Waals surface area (Å²) in [5, 5.41) is 0. The Morgan fingerprint density at radius 1 is 0.929 bits per heavy atom. The van der Waals surface area contributed by atoms with Crippen molar-refractivity contribution in [3.8, 4) is 0 Å². The van der Waals surface area contributed by atoms with E-state index in [9.17, 15) is 13.6 Å². The SMILES string of the molecule is CC(C)(C)OC(=O)N1CCC(N(c2ccc(F)cc2)c2ccc(F)cc2)CC1. The summed E-state index contributed by atoms with van der Waals surface area (Å²) in [5.74, 6) is -0.606. The van der Waals surface area contributed by atoms with Gasteiger partial charge in [-0.1, -0.05) is 0 Å². The van der Waals surface area contributed by atoms with Crippen molar-refractivity contribution in [2.45, 2.75) is 45.3 Å². The van der Waals surface area contributed by atoms with E-state index in [0.717, 1.165) is 24.2 Å². The Kier molecular flexibility index (Phi) is 5.87. The summed E-state index contributed by atoms with van der Waals surface area (Å²) in [7, 11) is 0. The molecule has 1 saturated heterocycles. The second-order valence-corrected chi connectivity index (χ2v) is 8.02. The first-order valence-electron chi connectivity index (χ1n) is 9.51. The number of amides is 1. The highest BCUT2D eigenvalue weighted by molar-refractivity contribution is 5.69. The molecule has 0 saturated carbocycles. The van der Waals surface area contributed by atoms with Gasteiger partial charge in [0.05, 0.1) is 0 Å². The Hall–Kier alpha value is -2.63. The van der Waals surface area contributed by atoms with Gasteiger partial charge in [0.25, 0.3) is 0 Å². The molecule has 1 aliphatic heterocycles. The van der Waals surface area contributed by atoms with E-state index >= 15 is 0 Å². The zero-order valence-corrected chi connectivity index (χ0v) is 16.5. The summed E-state index contributed by atoms with van der Waals surface area (Å²) >= 11 is 0. The van der Waals surface area contributed by atoms with Crippen LogP contribution in [0.3, 0.4) is 0 Å². The van der Waals surface area contributed by atoms with Crippen molar-refractivity contribution < 1.29 is 18.3 Å². The van der Waals surface area contributed by atoms with Crippen LogP contribution in [0.2, 0.25) is 0 Å². The number of anilines is 2. The number of likely N-dealkylation sites (tertiary alicyclic amines) is 1. The summed E-state index contributed by atoms with van der Waals surface area (Å²) in [6, 6.07) is 12.7. The molecule has 4 nitrogen and oxygen atoms in total. The number of carbonyl (C=O) groups is 1. The molecular weight excluding hydrogens is 362 g/mol. The van der Waals surface area contributed by atoms with Crippen molar-refractivity contribution in [1.82, 2.24) is 4.90 Å². The maximum atomic E-state index is 13.4. The molecule has 3 rings (SSSR count). The highest BCUT2D eigenvalue weighted by Gasteiger charge is 2.30. The predicted octanol–water partition coefficient (Wildman–Crippen LogP) is 5.50. The fourth-order valence-electron chi connectivity index (χ4n) is 3.41. The van der Waals surface area contributed by atoms with Gasteiger partial charge < -0.3 is 14.5 Å². The minimum Gasteiger partial charge on any atom is -0.444 e. The Morgan fingerprint density at radius 2 is 1.36 bits per heavy atom. The van der Waals surface area contributed by atoms with Crippen LogP contribution in [-0.2, 0) is 4.74 Å². The standard InChI is InChI=1S/C22H26F2N2O2/c1-22(2,3)28-21(27)25-14-12-20(13-15-25)26(18-8-4-16(23)5-9-18)19-10-6-17(24)7-11-19/h4-11,20H,12-15H2,1-3H3. The Morgan fingerprint density at radius 3 is 1.75 bits per heavy atom. The Bertz CT molecular complexity index is 747. The van der Waals surface area contributed by atoms with Crippen molar-refractivity contribution in [3.05, 3.63) is 60.2 Å². The molecule has 0 bridgehead atoms.